The summed E-state index contributed by atoms with van der Waals surface area (Å²) in [4.78, 5) is 14.0. The van der Waals surface area contributed by atoms with Gasteiger partial charge in [0.1, 0.15) is 17.4 Å². The molecule has 0 fully saturated rings. The Morgan fingerprint density at radius 3 is 2.45 bits per heavy atom. The molecule has 0 atom stereocenters. The molecule has 0 spiro atoms. The maximum absolute atomic E-state index is 12.9. The van der Waals surface area contributed by atoms with Crippen molar-refractivity contribution < 1.29 is 4.74 Å². The Bertz CT molecular complexity index is 1080. The second-order valence-corrected chi connectivity index (χ2v) is 7.77. The Morgan fingerprint density at radius 1 is 1.10 bits per heavy atom. The zero-order valence-corrected chi connectivity index (χ0v) is 17.9. The van der Waals surface area contributed by atoms with E-state index in [2.05, 4.69) is 5.11 Å². The summed E-state index contributed by atoms with van der Waals surface area (Å²) in [7, 11) is 0. The van der Waals surface area contributed by atoms with Crippen LogP contribution in [0.1, 0.15) is 22.4 Å². The van der Waals surface area contributed by atoms with Gasteiger partial charge in [0.05, 0.1) is 13.1 Å². The van der Waals surface area contributed by atoms with Crippen molar-refractivity contribution in [2.75, 3.05) is 6.26 Å². The molecule has 0 radical (unpaired) electrons. The molecule has 1 heterocycles. The Morgan fingerprint density at radius 2 is 1.76 bits per heavy atom. The van der Waals surface area contributed by atoms with Crippen molar-refractivity contribution in [1.29, 1.82) is 5.53 Å². The van der Waals surface area contributed by atoms with Gasteiger partial charge in [0.25, 0.3) is 5.56 Å². The number of aromatic nitrogens is 1. The predicted octanol–water partition coefficient (Wildman–Crippen LogP) is 5.69. The fourth-order valence-corrected chi connectivity index (χ4v) is 3.93. The first-order valence-electron chi connectivity index (χ1n) is 9.09. The molecule has 0 unspecified atom stereocenters. The summed E-state index contributed by atoms with van der Waals surface area (Å²) in [5.41, 5.74) is 10.5. The van der Waals surface area contributed by atoms with Crippen molar-refractivity contribution >= 4 is 23.4 Å². The third-order valence-corrected chi connectivity index (χ3v) is 5.87. The maximum Gasteiger partial charge on any atom is 0.273 e. The number of hydrogen-bond acceptors (Lipinski definition) is 5. The number of nitrogens with zero attached hydrogens (tertiary/aromatic N) is 2. The van der Waals surface area contributed by atoms with Crippen LogP contribution in [0.4, 0.5) is 0 Å². The van der Waals surface area contributed by atoms with Crippen LogP contribution in [0.15, 0.2) is 69.4 Å². The molecule has 150 valence electrons. The van der Waals surface area contributed by atoms with Crippen LogP contribution >= 0.6 is 23.4 Å². The maximum atomic E-state index is 12.9. The van der Waals surface area contributed by atoms with Crippen LogP contribution in [0.25, 0.3) is 0 Å². The van der Waals surface area contributed by atoms with Crippen molar-refractivity contribution in [2.45, 2.75) is 31.5 Å². The average molecular weight is 428 g/mol. The Balaban J connectivity index is 1.86. The fourth-order valence-electron chi connectivity index (χ4n) is 3.11. The predicted molar refractivity (Wildman–Crippen MR) is 117 cm³/mol. The van der Waals surface area contributed by atoms with E-state index in [9.17, 15) is 4.79 Å². The molecule has 0 saturated carbocycles. The van der Waals surface area contributed by atoms with E-state index in [0.29, 0.717) is 18.8 Å². The number of halogens is 1. The SMILES string of the molecule is CSc1ccccc1Cn1c(C)cc(OCc2ccccc2CN=N)c(Cl)c1=O. The molecule has 0 aliphatic rings. The second-order valence-electron chi connectivity index (χ2n) is 6.54. The van der Waals surface area contributed by atoms with E-state index in [1.54, 1.807) is 22.4 Å². The molecule has 1 N–H and O–H groups in total. The topological polar surface area (TPSA) is 67.4 Å². The van der Waals surface area contributed by atoms with Crippen molar-refractivity contribution in [1.82, 2.24) is 4.57 Å². The van der Waals surface area contributed by atoms with Gasteiger partial charge >= 0.3 is 0 Å². The minimum Gasteiger partial charge on any atom is -0.487 e. The number of ether oxygens (including phenoxy) is 1. The Labute approximate surface area is 179 Å². The number of benzene rings is 2. The molecule has 29 heavy (non-hydrogen) atoms. The first-order chi connectivity index (χ1) is 14.0. The van der Waals surface area contributed by atoms with Gasteiger partial charge in [-0.2, -0.15) is 5.11 Å². The van der Waals surface area contributed by atoms with Crippen LogP contribution < -0.4 is 10.3 Å². The lowest BCUT2D eigenvalue weighted by Gasteiger charge is -2.16. The van der Waals surface area contributed by atoms with Crippen LogP contribution in [-0.2, 0) is 19.7 Å². The normalized spacial score (nSPS) is 10.7. The Hall–Kier alpha value is -2.57. The number of thioether (sulfide) groups is 1. The van der Waals surface area contributed by atoms with Crippen molar-refractivity contribution in [2.24, 2.45) is 5.11 Å². The molecule has 0 aliphatic carbocycles. The van der Waals surface area contributed by atoms with Crippen LogP contribution in [-0.4, -0.2) is 10.8 Å². The molecular weight excluding hydrogens is 406 g/mol. The minimum atomic E-state index is -0.271. The van der Waals surface area contributed by atoms with Crippen molar-refractivity contribution in [3.05, 3.63) is 92.4 Å². The molecular formula is C22H22ClN3O2S. The van der Waals surface area contributed by atoms with Crippen LogP contribution in [0.5, 0.6) is 5.75 Å². The summed E-state index contributed by atoms with van der Waals surface area (Å²) in [6.45, 7) is 2.88. The quantitative estimate of drug-likeness (QED) is 0.371. The van der Waals surface area contributed by atoms with Gasteiger partial charge in [-0.3, -0.25) is 4.79 Å². The largest absolute Gasteiger partial charge is 0.487 e. The van der Waals surface area contributed by atoms with E-state index in [-0.39, 0.29) is 17.2 Å². The lowest BCUT2D eigenvalue weighted by Crippen LogP contribution is -2.24. The summed E-state index contributed by atoms with van der Waals surface area (Å²) in [6, 6.07) is 17.4. The lowest BCUT2D eigenvalue weighted by molar-refractivity contribution is 0.303. The zero-order chi connectivity index (χ0) is 20.8. The summed E-state index contributed by atoms with van der Waals surface area (Å²) in [6.07, 6.45) is 2.02. The summed E-state index contributed by atoms with van der Waals surface area (Å²) < 4.78 is 7.53. The fraction of sp³-hybridized carbons (Fsp3) is 0.227. The van der Waals surface area contributed by atoms with Gasteiger partial charge < -0.3 is 9.30 Å². The highest BCUT2D eigenvalue weighted by Crippen LogP contribution is 2.25. The van der Waals surface area contributed by atoms with Gasteiger partial charge in [-0.25, -0.2) is 5.53 Å². The average Bonchev–Trinajstić information content (AvgIpc) is 2.74. The molecule has 3 rings (SSSR count). The first kappa shape index (κ1) is 21.1. The number of rotatable bonds is 8. The van der Waals surface area contributed by atoms with E-state index < -0.39 is 0 Å². The summed E-state index contributed by atoms with van der Waals surface area (Å²) in [5, 5.41) is 3.52. The molecule has 0 saturated heterocycles. The molecule has 1 aromatic heterocycles. The number of aryl methyl sites for hydroxylation is 1. The molecule has 2 aromatic carbocycles. The third-order valence-electron chi connectivity index (χ3n) is 4.69. The number of nitrogens with one attached hydrogen (secondary N) is 1. The van der Waals surface area contributed by atoms with E-state index in [4.69, 9.17) is 21.9 Å². The van der Waals surface area contributed by atoms with Gasteiger partial charge in [0.15, 0.2) is 0 Å². The summed E-state index contributed by atoms with van der Waals surface area (Å²) >= 11 is 8.02. The number of hydrogen-bond donors (Lipinski definition) is 1. The minimum absolute atomic E-state index is 0.0693. The van der Waals surface area contributed by atoms with E-state index >= 15 is 0 Å². The zero-order valence-electron chi connectivity index (χ0n) is 16.3. The molecule has 3 aromatic rings. The summed E-state index contributed by atoms with van der Waals surface area (Å²) in [5.74, 6) is 0.362. The Kier molecular flexibility index (Phi) is 7.12. The van der Waals surface area contributed by atoms with E-state index in [1.165, 1.54) is 0 Å². The van der Waals surface area contributed by atoms with Crippen LogP contribution in [0.2, 0.25) is 5.02 Å². The smallest absolute Gasteiger partial charge is 0.273 e. The van der Waals surface area contributed by atoms with E-state index in [0.717, 1.165) is 27.3 Å². The molecule has 5 nitrogen and oxygen atoms in total. The first-order valence-corrected chi connectivity index (χ1v) is 10.7. The van der Waals surface area contributed by atoms with Gasteiger partial charge in [0.2, 0.25) is 0 Å². The van der Waals surface area contributed by atoms with Crippen molar-refractivity contribution in [3.8, 4) is 5.75 Å². The lowest BCUT2D eigenvalue weighted by atomic mass is 10.1. The molecule has 0 aliphatic heterocycles. The van der Waals surface area contributed by atoms with Gasteiger partial charge in [-0.1, -0.05) is 54.1 Å². The third kappa shape index (κ3) is 4.89. The molecule has 0 amide bonds. The molecule has 7 heteroatoms. The molecule has 0 bridgehead atoms. The highest BCUT2D eigenvalue weighted by molar-refractivity contribution is 7.98. The van der Waals surface area contributed by atoms with Crippen LogP contribution in [0, 0.1) is 12.5 Å². The highest BCUT2D eigenvalue weighted by atomic mass is 35.5. The number of pyridine rings is 1. The van der Waals surface area contributed by atoms with Crippen molar-refractivity contribution in [3.63, 3.8) is 0 Å². The van der Waals surface area contributed by atoms with Crippen LogP contribution in [0.3, 0.4) is 0 Å². The van der Waals surface area contributed by atoms with Gasteiger partial charge in [-0.05, 0) is 35.9 Å². The standard InChI is InChI=1S/C22H22ClN3O2S/c1-15-11-19(28-14-18-9-4-3-7-16(18)12-25-24)21(23)22(27)26(15)13-17-8-5-6-10-20(17)29-2/h3-11,24H,12-14H2,1-2H3. The van der Waals surface area contributed by atoms with Gasteiger partial charge in [-0.15, -0.1) is 11.8 Å². The highest BCUT2D eigenvalue weighted by Gasteiger charge is 2.14. The van der Waals surface area contributed by atoms with Gasteiger partial charge in [0, 0.05) is 16.7 Å². The van der Waals surface area contributed by atoms with E-state index in [1.807, 2.05) is 61.7 Å². The second kappa shape index (κ2) is 9.76. The monoisotopic (exact) mass is 427 g/mol.